The lowest BCUT2D eigenvalue weighted by Crippen LogP contribution is -2.14. The smallest absolute Gasteiger partial charge is 0.126 e. The Bertz CT molecular complexity index is 335. The average molecular weight is 209 g/mol. The summed E-state index contributed by atoms with van der Waals surface area (Å²) in [5, 5.41) is 3.06. The lowest BCUT2D eigenvalue weighted by atomic mass is 10.2. The number of terminal acetylenes is 1. The van der Waals surface area contributed by atoms with E-state index in [0.29, 0.717) is 18.5 Å². The number of hydrogen-bond donors (Lipinski definition) is 1. The molecule has 0 radical (unpaired) electrons. The number of halogens is 2. The summed E-state index contributed by atoms with van der Waals surface area (Å²) in [6.45, 7) is 1.21. The molecule has 0 amide bonds. The molecule has 0 saturated heterocycles. The molecule has 0 unspecified atom stereocenters. The van der Waals surface area contributed by atoms with E-state index in [4.69, 9.17) is 6.42 Å². The van der Waals surface area contributed by atoms with Crippen LogP contribution >= 0.6 is 0 Å². The topological polar surface area (TPSA) is 12.0 Å². The summed E-state index contributed by atoms with van der Waals surface area (Å²) in [6.07, 6.45) is 6.67. The molecule has 0 saturated carbocycles. The van der Waals surface area contributed by atoms with Crippen LogP contribution in [0.5, 0.6) is 0 Å². The predicted octanol–water partition coefficient (Wildman–Crippen LogP) is 2.47. The Balaban J connectivity index is 2.34. The van der Waals surface area contributed by atoms with Crippen LogP contribution in [0.15, 0.2) is 18.2 Å². The van der Waals surface area contributed by atoms with E-state index in [-0.39, 0.29) is 0 Å². The molecule has 1 nitrogen and oxygen atoms in total. The fraction of sp³-hybridized carbons (Fsp3) is 0.333. The van der Waals surface area contributed by atoms with E-state index in [1.807, 2.05) is 0 Å². The maximum Gasteiger partial charge on any atom is 0.126 e. The minimum Gasteiger partial charge on any atom is -0.313 e. The van der Waals surface area contributed by atoms with Gasteiger partial charge in [-0.15, -0.1) is 12.3 Å². The van der Waals surface area contributed by atoms with Gasteiger partial charge in [-0.05, 0) is 30.7 Å². The van der Waals surface area contributed by atoms with Crippen molar-refractivity contribution in [1.29, 1.82) is 0 Å². The second kappa shape index (κ2) is 6.15. The molecule has 0 bridgehead atoms. The Morgan fingerprint density at radius 2 is 1.87 bits per heavy atom. The van der Waals surface area contributed by atoms with Gasteiger partial charge in [0.1, 0.15) is 11.6 Å². The second-order valence-electron chi connectivity index (χ2n) is 3.26. The van der Waals surface area contributed by atoms with Gasteiger partial charge in [0.2, 0.25) is 0 Å². The molecule has 1 N–H and O–H groups in total. The Hall–Kier alpha value is -1.40. The summed E-state index contributed by atoms with van der Waals surface area (Å²) in [4.78, 5) is 0. The quantitative estimate of drug-likeness (QED) is 0.580. The largest absolute Gasteiger partial charge is 0.313 e. The zero-order valence-electron chi connectivity index (χ0n) is 8.39. The van der Waals surface area contributed by atoms with Gasteiger partial charge in [0, 0.05) is 19.0 Å². The summed E-state index contributed by atoms with van der Waals surface area (Å²) in [5.74, 6) is 1.43. The van der Waals surface area contributed by atoms with Crippen LogP contribution in [0.3, 0.4) is 0 Å². The number of hydrogen-bond acceptors (Lipinski definition) is 1. The minimum atomic E-state index is -0.546. The molecule has 0 fully saturated rings. The highest BCUT2D eigenvalue weighted by atomic mass is 19.1. The van der Waals surface area contributed by atoms with E-state index in [1.54, 1.807) is 0 Å². The Morgan fingerprint density at radius 3 is 2.47 bits per heavy atom. The number of unbranched alkanes of at least 4 members (excludes halogenated alkanes) is 1. The highest BCUT2D eigenvalue weighted by Crippen LogP contribution is 2.07. The van der Waals surface area contributed by atoms with Crippen LogP contribution in [0.4, 0.5) is 8.78 Å². The zero-order chi connectivity index (χ0) is 11.1. The minimum absolute atomic E-state index is 0.458. The van der Waals surface area contributed by atoms with Crippen LogP contribution < -0.4 is 5.32 Å². The van der Waals surface area contributed by atoms with Crippen LogP contribution in [-0.4, -0.2) is 6.54 Å². The normalized spacial score (nSPS) is 9.93. The first-order valence-corrected chi connectivity index (χ1v) is 4.81. The van der Waals surface area contributed by atoms with Crippen molar-refractivity contribution in [3.63, 3.8) is 0 Å². The van der Waals surface area contributed by atoms with Gasteiger partial charge in [-0.2, -0.15) is 0 Å². The van der Waals surface area contributed by atoms with Gasteiger partial charge in [-0.1, -0.05) is 0 Å². The Morgan fingerprint density at radius 1 is 1.20 bits per heavy atom. The van der Waals surface area contributed by atoms with Gasteiger partial charge in [0.05, 0.1) is 0 Å². The van der Waals surface area contributed by atoms with Gasteiger partial charge in [0.15, 0.2) is 0 Å². The third-order valence-corrected chi connectivity index (χ3v) is 1.93. The molecule has 15 heavy (non-hydrogen) atoms. The van der Waals surface area contributed by atoms with Gasteiger partial charge in [-0.25, -0.2) is 8.78 Å². The molecular formula is C12H13F2N. The Labute approximate surface area is 88.5 Å². The fourth-order valence-electron chi connectivity index (χ4n) is 1.26. The zero-order valence-corrected chi connectivity index (χ0v) is 8.39. The average Bonchev–Trinajstić information content (AvgIpc) is 2.16. The standard InChI is InChI=1S/C12H13F2N/c1-2-3-4-5-15-9-10-6-11(13)8-12(14)7-10/h1,6-8,15H,3-5,9H2. The van der Waals surface area contributed by atoms with Crippen molar-refractivity contribution in [2.24, 2.45) is 0 Å². The maximum absolute atomic E-state index is 12.8. The molecule has 0 aromatic heterocycles. The number of benzene rings is 1. The van der Waals surface area contributed by atoms with Crippen molar-refractivity contribution in [3.05, 3.63) is 35.4 Å². The first kappa shape index (κ1) is 11.7. The first-order chi connectivity index (χ1) is 7.22. The molecule has 80 valence electrons. The summed E-state index contributed by atoms with van der Waals surface area (Å²) < 4.78 is 25.5. The van der Waals surface area contributed by atoms with Crippen molar-refractivity contribution in [3.8, 4) is 12.3 Å². The van der Waals surface area contributed by atoms with E-state index < -0.39 is 11.6 Å². The van der Waals surface area contributed by atoms with E-state index in [2.05, 4.69) is 11.2 Å². The summed E-state index contributed by atoms with van der Waals surface area (Å²) >= 11 is 0. The molecule has 1 aromatic rings. The molecule has 1 aromatic carbocycles. The van der Waals surface area contributed by atoms with Crippen molar-refractivity contribution in [2.45, 2.75) is 19.4 Å². The third kappa shape index (κ3) is 4.57. The molecule has 3 heteroatoms. The lowest BCUT2D eigenvalue weighted by Gasteiger charge is -2.04. The number of rotatable bonds is 5. The molecule has 0 heterocycles. The van der Waals surface area contributed by atoms with E-state index in [1.165, 1.54) is 12.1 Å². The van der Waals surface area contributed by atoms with Crippen molar-refractivity contribution >= 4 is 0 Å². The highest BCUT2D eigenvalue weighted by Gasteiger charge is 1.99. The lowest BCUT2D eigenvalue weighted by molar-refractivity contribution is 0.574. The molecule has 0 aliphatic carbocycles. The monoisotopic (exact) mass is 209 g/mol. The van der Waals surface area contributed by atoms with E-state index >= 15 is 0 Å². The summed E-state index contributed by atoms with van der Waals surface area (Å²) in [5.41, 5.74) is 0.605. The van der Waals surface area contributed by atoms with Crippen LogP contribution in [0.25, 0.3) is 0 Å². The van der Waals surface area contributed by atoms with Gasteiger partial charge in [-0.3, -0.25) is 0 Å². The third-order valence-electron chi connectivity index (χ3n) is 1.93. The van der Waals surface area contributed by atoms with Gasteiger partial charge >= 0.3 is 0 Å². The maximum atomic E-state index is 12.8. The van der Waals surface area contributed by atoms with Gasteiger partial charge < -0.3 is 5.32 Å². The molecule has 0 aliphatic heterocycles. The highest BCUT2D eigenvalue weighted by molar-refractivity contribution is 5.17. The van der Waals surface area contributed by atoms with Crippen molar-refractivity contribution in [2.75, 3.05) is 6.54 Å². The molecule has 0 aliphatic rings. The molecular weight excluding hydrogens is 196 g/mol. The van der Waals surface area contributed by atoms with Crippen LogP contribution in [0.1, 0.15) is 18.4 Å². The fourth-order valence-corrected chi connectivity index (χ4v) is 1.26. The van der Waals surface area contributed by atoms with Gasteiger partial charge in [0.25, 0.3) is 0 Å². The van der Waals surface area contributed by atoms with E-state index in [0.717, 1.165) is 19.0 Å². The first-order valence-electron chi connectivity index (χ1n) is 4.81. The molecule has 0 spiro atoms. The summed E-state index contributed by atoms with van der Waals surface area (Å²) in [7, 11) is 0. The van der Waals surface area contributed by atoms with Crippen LogP contribution in [-0.2, 0) is 6.54 Å². The van der Waals surface area contributed by atoms with E-state index in [9.17, 15) is 8.78 Å². The predicted molar refractivity (Wildman–Crippen MR) is 56.1 cm³/mol. The SMILES string of the molecule is C#CCCCNCc1cc(F)cc(F)c1. The Kier molecular flexibility index (Phi) is 4.79. The van der Waals surface area contributed by atoms with Crippen molar-refractivity contribution < 1.29 is 8.78 Å². The second-order valence-corrected chi connectivity index (χ2v) is 3.26. The number of nitrogens with one attached hydrogen (secondary N) is 1. The summed E-state index contributed by atoms with van der Waals surface area (Å²) in [6, 6.07) is 3.50. The molecule has 1 rings (SSSR count). The van der Waals surface area contributed by atoms with Crippen molar-refractivity contribution in [1.82, 2.24) is 5.32 Å². The van der Waals surface area contributed by atoms with Crippen LogP contribution in [0, 0.1) is 24.0 Å². The van der Waals surface area contributed by atoms with Crippen LogP contribution in [0.2, 0.25) is 0 Å². The molecule has 0 atom stereocenters.